The summed E-state index contributed by atoms with van der Waals surface area (Å²) in [7, 11) is 0. The van der Waals surface area contributed by atoms with E-state index >= 15 is 0 Å². The van der Waals surface area contributed by atoms with Gasteiger partial charge in [-0.1, -0.05) is 12.1 Å². The molecule has 0 atom stereocenters. The van der Waals surface area contributed by atoms with Crippen LogP contribution in [0, 0.1) is 0 Å². The van der Waals surface area contributed by atoms with Crippen molar-refractivity contribution >= 4 is 34.0 Å². The van der Waals surface area contributed by atoms with E-state index in [9.17, 15) is 22.8 Å². The normalized spacial score (nSPS) is 14.6. The molecule has 3 aromatic heterocycles. The second-order valence-electron chi connectivity index (χ2n) is 9.44. The minimum atomic E-state index is -4.72. The first-order valence-electron chi connectivity index (χ1n) is 12.1. The van der Waals surface area contributed by atoms with Crippen molar-refractivity contribution in [1.29, 1.82) is 0 Å². The van der Waals surface area contributed by atoms with Crippen molar-refractivity contribution in [3.8, 4) is 11.5 Å². The summed E-state index contributed by atoms with van der Waals surface area (Å²) >= 11 is 0. The summed E-state index contributed by atoms with van der Waals surface area (Å²) in [5.74, 6) is -1.09. The zero-order chi connectivity index (χ0) is 26.9. The molecule has 194 valence electrons. The van der Waals surface area contributed by atoms with Crippen LogP contribution in [0.1, 0.15) is 50.7 Å². The quantitative estimate of drug-likeness (QED) is 0.321. The molecule has 2 N–H and O–H groups in total. The number of carbonyl (C=O) groups excluding carboxylic acids is 2. The van der Waals surface area contributed by atoms with Gasteiger partial charge in [0, 0.05) is 40.3 Å². The summed E-state index contributed by atoms with van der Waals surface area (Å²) in [4.78, 5) is 29.6. The smallest absolute Gasteiger partial charge is 0.321 e. The molecular weight excluding hydrogens is 511 g/mol. The van der Waals surface area contributed by atoms with Crippen LogP contribution in [0.15, 0.2) is 67.3 Å². The van der Waals surface area contributed by atoms with Gasteiger partial charge in [0.2, 0.25) is 0 Å². The summed E-state index contributed by atoms with van der Waals surface area (Å²) in [6.45, 7) is 0. The fourth-order valence-electron chi connectivity index (χ4n) is 5.04. The number of benzene rings is 2. The van der Waals surface area contributed by atoms with Gasteiger partial charge in [0.05, 0.1) is 35.0 Å². The highest BCUT2D eigenvalue weighted by Crippen LogP contribution is 2.44. The number of carbonyl (C=O) groups is 2. The second kappa shape index (κ2) is 8.25. The van der Waals surface area contributed by atoms with Crippen LogP contribution >= 0.6 is 0 Å². The van der Waals surface area contributed by atoms with E-state index in [0.717, 1.165) is 34.4 Å². The van der Waals surface area contributed by atoms with Gasteiger partial charge in [-0.2, -0.15) is 23.4 Å². The maximum Gasteiger partial charge on any atom is 0.420 e. The summed E-state index contributed by atoms with van der Waals surface area (Å²) < 4.78 is 44.2. The minimum Gasteiger partial charge on any atom is -0.321 e. The van der Waals surface area contributed by atoms with Gasteiger partial charge >= 0.3 is 6.18 Å². The molecule has 1 saturated carbocycles. The van der Waals surface area contributed by atoms with E-state index in [2.05, 4.69) is 25.8 Å². The Morgan fingerprint density at radius 1 is 1.08 bits per heavy atom. The third-order valence-corrected chi connectivity index (χ3v) is 6.91. The number of hydrogen-bond donors (Lipinski definition) is 2. The molecule has 0 saturated heterocycles. The van der Waals surface area contributed by atoms with Crippen molar-refractivity contribution in [1.82, 2.24) is 24.5 Å². The van der Waals surface area contributed by atoms with Crippen LogP contribution in [0.25, 0.3) is 22.3 Å². The SMILES string of the molecule is O=C(Nc1cnc(-n2cccn2)c(C(F)(F)F)c1)c1cnn(-c2ccc3c4c(cccc24)C(=O)N3)c1C1CC1. The third-order valence-electron chi connectivity index (χ3n) is 6.91. The number of anilines is 2. The molecule has 4 heterocycles. The van der Waals surface area contributed by atoms with E-state index in [0.29, 0.717) is 22.6 Å². The maximum absolute atomic E-state index is 13.8. The van der Waals surface area contributed by atoms with Crippen LogP contribution < -0.4 is 10.6 Å². The van der Waals surface area contributed by atoms with Gasteiger partial charge in [-0.3, -0.25) is 9.59 Å². The zero-order valence-electron chi connectivity index (χ0n) is 20.0. The van der Waals surface area contributed by atoms with Gasteiger partial charge in [-0.05, 0) is 43.2 Å². The van der Waals surface area contributed by atoms with Gasteiger partial charge < -0.3 is 10.6 Å². The fraction of sp³-hybridized carbons (Fsp3) is 0.148. The van der Waals surface area contributed by atoms with E-state index in [1.165, 1.54) is 30.9 Å². The van der Waals surface area contributed by atoms with Gasteiger partial charge in [0.15, 0.2) is 5.82 Å². The molecule has 2 aromatic carbocycles. The molecule has 1 aliphatic carbocycles. The molecule has 0 spiro atoms. The Labute approximate surface area is 218 Å². The average molecular weight is 529 g/mol. The number of nitrogens with one attached hydrogen (secondary N) is 2. The fourth-order valence-corrected chi connectivity index (χ4v) is 5.04. The largest absolute Gasteiger partial charge is 0.420 e. The molecule has 1 aliphatic heterocycles. The lowest BCUT2D eigenvalue weighted by atomic mass is 10.0. The van der Waals surface area contributed by atoms with Crippen molar-refractivity contribution in [2.45, 2.75) is 24.9 Å². The van der Waals surface area contributed by atoms with Crippen LogP contribution in [0.5, 0.6) is 0 Å². The molecule has 12 heteroatoms. The highest BCUT2D eigenvalue weighted by molar-refractivity contribution is 6.25. The Morgan fingerprint density at radius 2 is 1.92 bits per heavy atom. The molecule has 5 aromatic rings. The third kappa shape index (κ3) is 3.75. The van der Waals surface area contributed by atoms with Crippen LogP contribution in [-0.2, 0) is 6.18 Å². The van der Waals surface area contributed by atoms with Crippen LogP contribution in [0.4, 0.5) is 24.5 Å². The minimum absolute atomic E-state index is 0.0714. The van der Waals surface area contributed by atoms with Crippen LogP contribution in [0.3, 0.4) is 0 Å². The number of rotatable bonds is 5. The lowest BCUT2D eigenvalue weighted by molar-refractivity contribution is -0.137. The van der Waals surface area contributed by atoms with Crippen molar-refractivity contribution in [2.75, 3.05) is 10.6 Å². The van der Waals surface area contributed by atoms with E-state index < -0.39 is 23.5 Å². The number of alkyl halides is 3. The van der Waals surface area contributed by atoms with E-state index in [1.807, 2.05) is 12.1 Å². The molecule has 0 bridgehead atoms. The number of nitrogens with zero attached hydrogens (tertiary/aromatic N) is 5. The standard InChI is InChI=1S/C27H18F3N7O2/c28-27(29,30)19-11-15(12-31-24(19)36-10-2-9-32-36)34-26(39)18-13-33-37(23(18)14-5-6-14)21-8-7-20-22-16(21)3-1-4-17(22)25(38)35-20/h1-4,7-14H,5-6H2,(H,34,39)(H,35,38). The highest BCUT2D eigenvalue weighted by Gasteiger charge is 2.37. The van der Waals surface area contributed by atoms with Crippen LogP contribution in [-0.4, -0.2) is 36.4 Å². The molecular formula is C27H18F3N7O2. The first-order chi connectivity index (χ1) is 18.8. The predicted octanol–water partition coefficient (Wildman–Crippen LogP) is 5.32. The molecule has 1 fully saturated rings. The van der Waals surface area contributed by atoms with Crippen molar-refractivity contribution in [3.05, 3.63) is 89.6 Å². The monoisotopic (exact) mass is 529 g/mol. The van der Waals surface area contributed by atoms with Gasteiger partial charge in [-0.15, -0.1) is 0 Å². The molecule has 7 rings (SSSR count). The molecule has 39 heavy (non-hydrogen) atoms. The zero-order valence-corrected chi connectivity index (χ0v) is 20.0. The molecule has 2 aliphatic rings. The Bertz CT molecular complexity index is 1800. The maximum atomic E-state index is 13.8. The van der Waals surface area contributed by atoms with Gasteiger partial charge in [0.25, 0.3) is 11.8 Å². The summed E-state index contributed by atoms with van der Waals surface area (Å²) in [6, 6.07) is 11.4. The van der Waals surface area contributed by atoms with Gasteiger partial charge in [-0.25, -0.2) is 14.3 Å². The van der Waals surface area contributed by atoms with Crippen molar-refractivity contribution in [2.24, 2.45) is 0 Å². The first kappa shape index (κ1) is 23.1. The van der Waals surface area contributed by atoms with Crippen molar-refractivity contribution in [3.63, 3.8) is 0 Å². The number of halogens is 3. The number of hydrogen-bond acceptors (Lipinski definition) is 5. The van der Waals surface area contributed by atoms with E-state index in [-0.39, 0.29) is 23.1 Å². The summed E-state index contributed by atoms with van der Waals surface area (Å²) in [5.41, 5.74) is 1.78. The van der Waals surface area contributed by atoms with E-state index in [4.69, 9.17) is 0 Å². The van der Waals surface area contributed by atoms with Gasteiger partial charge in [0.1, 0.15) is 5.56 Å². The Morgan fingerprint density at radius 3 is 2.67 bits per heavy atom. The molecule has 2 amide bonds. The Kier molecular flexibility index (Phi) is 4.90. The molecule has 9 nitrogen and oxygen atoms in total. The van der Waals surface area contributed by atoms with E-state index in [1.54, 1.807) is 22.9 Å². The lowest BCUT2D eigenvalue weighted by Gasteiger charge is -2.15. The lowest BCUT2D eigenvalue weighted by Crippen LogP contribution is -2.17. The molecule has 0 radical (unpaired) electrons. The Hall–Kier alpha value is -5.00. The summed E-state index contributed by atoms with van der Waals surface area (Å²) in [5, 5.41) is 15.3. The second-order valence-corrected chi connectivity index (χ2v) is 9.44. The van der Waals surface area contributed by atoms with Crippen LogP contribution in [0.2, 0.25) is 0 Å². The average Bonchev–Trinajstić information content (AvgIpc) is 3.29. The Balaban J connectivity index is 1.27. The highest BCUT2D eigenvalue weighted by atomic mass is 19.4. The number of amides is 2. The van der Waals surface area contributed by atoms with Crippen molar-refractivity contribution < 1.29 is 22.8 Å². The number of pyridine rings is 1. The number of aromatic nitrogens is 5. The predicted molar refractivity (Wildman–Crippen MR) is 135 cm³/mol. The summed E-state index contributed by atoms with van der Waals surface area (Å²) in [6.07, 6.45) is 2.29. The topological polar surface area (TPSA) is 107 Å². The first-order valence-corrected chi connectivity index (χ1v) is 12.1. The molecule has 0 unspecified atom stereocenters.